The average Bonchev–Trinajstić information content (AvgIpc) is 3.38. The summed E-state index contributed by atoms with van der Waals surface area (Å²) in [6, 6.07) is 41.8. The van der Waals surface area contributed by atoms with Crippen LogP contribution in [0.15, 0.2) is 109 Å². The normalized spacial score (nSPS) is 16.0. The Hall–Kier alpha value is -4.68. The smallest absolute Gasteiger partial charge is 0.0165 e. The van der Waals surface area contributed by atoms with E-state index < -0.39 is 0 Å². The molecule has 0 bridgehead atoms. The zero-order valence-electron chi connectivity index (χ0n) is 24.4. The van der Waals surface area contributed by atoms with Crippen molar-refractivity contribution in [3.8, 4) is 22.3 Å². The van der Waals surface area contributed by atoms with Crippen molar-refractivity contribution in [2.45, 2.75) is 38.5 Å². The van der Waals surface area contributed by atoms with Crippen LogP contribution in [0.25, 0.3) is 76.1 Å². The zero-order valence-corrected chi connectivity index (χ0v) is 24.4. The Bertz CT molecular complexity index is 2490. The highest BCUT2D eigenvalue weighted by atomic mass is 14.5. The van der Waals surface area contributed by atoms with E-state index in [4.69, 9.17) is 0 Å². The van der Waals surface area contributed by atoms with Gasteiger partial charge in [-0.15, -0.1) is 0 Å². The van der Waals surface area contributed by atoms with Crippen LogP contribution >= 0.6 is 0 Å². The number of hydrogen-bond donors (Lipinski definition) is 0. The van der Waals surface area contributed by atoms with Gasteiger partial charge < -0.3 is 0 Å². The van der Waals surface area contributed by atoms with E-state index in [0.29, 0.717) is 0 Å². The number of fused-ring (bicyclic) bond motifs is 12. The summed E-state index contributed by atoms with van der Waals surface area (Å²) in [5.74, 6) is 0. The van der Waals surface area contributed by atoms with Crippen LogP contribution in [0.5, 0.6) is 0 Å². The Morgan fingerprint density at radius 3 is 1.69 bits per heavy atom. The van der Waals surface area contributed by atoms with Crippen LogP contribution in [0, 0.1) is 0 Å². The van der Waals surface area contributed by atoms with Crippen LogP contribution in [0.3, 0.4) is 0 Å². The second-order valence-electron chi connectivity index (χ2n) is 13.7. The highest BCUT2D eigenvalue weighted by Crippen LogP contribution is 2.60. The second kappa shape index (κ2) is 7.20. The van der Waals surface area contributed by atoms with Crippen molar-refractivity contribution >= 4 is 53.9 Å². The molecular formula is C42H30. The number of benzene rings is 8. The first-order valence-corrected chi connectivity index (χ1v) is 15.2. The molecule has 0 atom stereocenters. The molecular weight excluding hydrogens is 504 g/mol. The minimum Gasteiger partial charge on any atom is -0.0616 e. The number of rotatable bonds is 0. The highest BCUT2D eigenvalue weighted by molar-refractivity contribution is 6.27. The molecule has 0 aliphatic heterocycles. The van der Waals surface area contributed by atoms with Gasteiger partial charge in [0.2, 0.25) is 0 Å². The monoisotopic (exact) mass is 534 g/mol. The molecule has 0 fully saturated rings. The molecule has 0 aromatic heterocycles. The summed E-state index contributed by atoms with van der Waals surface area (Å²) in [6.07, 6.45) is 0. The molecule has 0 heterocycles. The topological polar surface area (TPSA) is 0 Å². The lowest BCUT2D eigenvalue weighted by molar-refractivity contribution is 0.655. The third kappa shape index (κ3) is 2.49. The molecule has 0 spiro atoms. The minimum atomic E-state index is -0.111. The van der Waals surface area contributed by atoms with Crippen LogP contribution in [0.4, 0.5) is 0 Å². The van der Waals surface area contributed by atoms with Gasteiger partial charge in [0.1, 0.15) is 0 Å². The van der Waals surface area contributed by atoms with Crippen molar-refractivity contribution in [2.24, 2.45) is 0 Å². The quantitative estimate of drug-likeness (QED) is 0.170. The van der Waals surface area contributed by atoms with Crippen molar-refractivity contribution < 1.29 is 0 Å². The van der Waals surface area contributed by atoms with Crippen LogP contribution in [0.1, 0.15) is 49.9 Å². The maximum atomic E-state index is 2.58. The highest BCUT2D eigenvalue weighted by Gasteiger charge is 2.43. The summed E-state index contributed by atoms with van der Waals surface area (Å²) in [5.41, 5.74) is 11.3. The Morgan fingerprint density at radius 2 is 0.952 bits per heavy atom. The molecule has 10 rings (SSSR count). The molecule has 2 aliphatic rings. The van der Waals surface area contributed by atoms with Crippen LogP contribution < -0.4 is 0 Å². The van der Waals surface area contributed by atoms with E-state index in [1.54, 1.807) is 0 Å². The van der Waals surface area contributed by atoms with Crippen molar-refractivity contribution in [1.29, 1.82) is 0 Å². The molecule has 198 valence electrons. The molecule has 8 aromatic carbocycles. The third-order valence-electron chi connectivity index (χ3n) is 10.9. The van der Waals surface area contributed by atoms with Gasteiger partial charge in [-0.2, -0.15) is 0 Å². The van der Waals surface area contributed by atoms with Gasteiger partial charge in [-0.3, -0.25) is 0 Å². The molecule has 42 heavy (non-hydrogen) atoms. The Balaban J connectivity index is 1.36. The van der Waals surface area contributed by atoms with Crippen molar-refractivity contribution in [1.82, 2.24) is 0 Å². The lowest BCUT2D eigenvalue weighted by Crippen LogP contribution is -2.17. The Morgan fingerprint density at radius 1 is 0.381 bits per heavy atom. The number of hydrogen-bond acceptors (Lipinski definition) is 0. The van der Waals surface area contributed by atoms with Gasteiger partial charge in [-0.05, 0) is 117 Å². The lowest BCUT2D eigenvalue weighted by Gasteiger charge is -2.25. The molecule has 0 saturated carbocycles. The summed E-state index contributed by atoms with van der Waals surface area (Å²) in [7, 11) is 0. The first kappa shape index (κ1) is 22.9. The van der Waals surface area contributed by atoms with Crippen molar-refractivity contribution in [2.75, 3.05) is 0 Å². The van der Waals surface area contributed by atoms with E-state index in [-0.39, 0.29) is 10.8 Å². The van der Waals surface area contributed by atoms with Gasteiger partial charge in [0, 0.05) is 10.8 Å². The van der Waals surface area contributed by atoms with E-state index in [9.17, 15) is 0 Å². The molecule has 0 N–H and O–H groups in total. The van der Waals surface area contributed by atoms with Crippen molar-refractivity contribution in [3.05, 3.63) is 131 Å². The molecule has 0 unspecified atom stereocenters. The summed E-state index contributed by atoms with van der Waals surface area (Å²) < 4.78 is 0. The van der Waals surface area contributed by atoms with Crippen LogP contribution in [0.2, 0.25) is 0 Å². The summed E-state index contributed by atoms with van der Waals surface area (Å²) in [4.78, 5) is 0. The summed E-state index contributed by atoms with van der Waals surface area (Å²) in [5, 5.41) is 13.7. The first-order chi connectivity index (χ1) is 20.4. The van der Waals surface area contributed by atoms with E-state index in [0.717, 1.165) is 0 Å². The van der Waals surface area contributed by atoms with E-state index >= 15 is 0 Å². The van der Waals surface area contributed by atoms with Crippen LogP contribution in [-0.2, 0) is 10.8 Å². The molecule has 0 heteroatoms. The average molecular weight is 535 g/mol. The second-order valence-corrected chi connectivity index (χ2v) is 13.7. The zero-order chi connectivity index (χ0) is 28.1. The summed E-state index contributed by atoms with van der Waals surface area (Å²) >= 11 is 0. The molecule has 0 amide bonds. The molecule has 2 aliphatic carbocycles. The summed E-state index contributed by atoms with van der Waals surface area (Å²) in [6.45, 7) is 9.75. The van der Waals surface area contributed by atoms with Gasteiger partial charge in [-0.25, -0.2) is 0 Å². The van der Waals surface area contributed by atoms with E-state index in [1.165, 1.54) is 98.4 Å². The fourth-order valence-corrected chi connectivity index (χ4v) is 8.99. The molecule has 0 nitrogen and oxygen atoms in total. The van der Waals surface area contributed by atoms with Crippen LogP contribution in [-0.4, -0.2) is 0 Å². The fraction of sp³-hybridized carbons (Fsp3) is 0.143. The molecule has 8 aromatic rings. The van der Waals surface area contributed by atoms with Gasteiger partial charge >= 0.3 is 0 Å². The van der Waals surface area contributed by atoms with Gasteiger partial charge in [0.25, 0.3) is 0 Å². The fourth-order valence-electron chi connectivity index (χ4n) is 8.99. The van der Waals surface area contributed by atoms with Gasteiger partial charge in [-0.1, -0.05) is 119 Å². The van der Waals surface area contributed by atoms with Gasteiger partial charge in [0.05, 0.1) is 0 Å². The predicted molar refractivity (Wildman–Crippen MR) is 180 cm³/mol. The SMILES string of the molecule is CC1(C)c2cc3c(cc2-c2c1cc1ccc4cccc5ccc2c1c45)C(C)(C)c1c-3c2ccccc2c2ccccc12. The molecule has 0 saturated heterocycles. The van der Waals surface area contributed by atoms with Gasteiger partial charge in [0.15, 0.2) is 0 Å². The largest absolute Gasteiger partial charge is 0.0616 e. The minimum absolute atomic E-state index is 0.0936. The third-order valence-corrected chi connectivity index (χ3v) is 10.9. The van der Waals surface area contributed by atoms with E-state index in [2.05, 4.69) is 137 Å². The Labute approximate surface area is 245 Å². The van der Waals surface area contributed by atoms with Crippen molar-refractivity contribution in [3.63, 3.8) is 0 Å². The predicted octanol–water partition coefficient (Wildman–Crippen LogP) is 11.5. The lowest BCUT2D eigenvalue weighted by atomic mass is 9.78. The molecule has 0 radical (unpaired) electrons. The maximum Gasteiger partial charge on any atom is 0.0165 e. The standard InChI is InChI=1S/C42H30/c1-41(2)33-22-32-34(42(3,4)40-29-15-8-6-13-27(29)26-12-5-7-14-28(26)39(32)40)21-31(33)38-30-19-18-24-11-9-10-23-16-17-25(20-35(38)41)37(30)36(23)24/h5-22H,1-4H3. The maximum absolute atomic E-state index is 2.58. The Kier molecular flexibility index (Phi) is 3.93. The van der Waals surface area contributed by atoms with E-state index in [1.807, 2.05) is 0 Å². The first-order valence-electron chi connectivity index (χ1n) is 15.2.